The highest BCUT2D eigenvalue weighted by Crippen LogP contribution is 2.40. The van der Waals surface area contributed by atoms with Crippen LogP contribution >= 0.6 is 0 Å². The quantitative estimate of drug-likeness (QED) is 0.270. The minimum Gasteiger partial charge on any atom is -0.390 e. The van der Waals surface area contributed by atoms with Gasteiger partial charge in [0.05, 0.1) is 23.6 Å². The lowest BCUT2D eigenvalue weighted by molar-refractivity contribution is 0.0821. The van der Waals surface area contributed by atoms with Crippen molar-refractivity contribution in [3.63, 3.8) is 0 Å². The number of nitrogens with zero attached hydrogens (tertiary/aromatic N) is 1. The molecule has 0 radical (unpaired) electrons. The van der Waals surface area contributed by atoms with Gasteiger partial charge in [0.1, 0.15) is 0 Å². The standard InChI is InChI=1S/C31H46N4O4S/c1-4-32-26-19-25(20-27(21-26)35-16-8-9-17-40(35,38)39)30(37)34-28(18-24-10-6-5-7-11-24)29(36)22-33-31(14-15-31)13-12-23(2)3/h5-7,10-11,19-21,23,28-29,32-33,36H,4,8-9,12-18,22H2,1-3H3,(H,34,37)/t28-,29+/m0/s1. The van der Waals surface area contributed by atoms with Crippen LogP contribution in [-0.4, -0.2) is 62.5 Å². The third-order valence-electron chi connectivity index (χ3n) is 8.02. The summed E-state index contributed by atoms with van der Waals surface area (Å²) in [4.78, 5) is 13.7. The van der Waals surface area contributed by atoms with Crippen molar-refractivity contribution in [2.24, 2.45) is 5.92 Å². The third kappa shape index (κ3) is 8.21. The van der Waals surface area contributed by atoms with Gasteiger partial charge in [0.15, 0.2) is 0 Å². The Morgan fingerprint density at radius 1 is 1.10 bits per heavy atom. The van der Waals surface area contributed by atoms with Gasteiger partial charge in [-0.25, -0.2) is 8.42 Å². The van der Waals surface area contributed by atoms with Gasteiger partial charge in [-0.3, -0.25) is 9.10 Å². The summed E-state index contributed by atoms with van der Waals surface area (Å²) in [7, 11) is -3.43. The number of β-amino-alcohol motifs (C(OH)–C–C–N with tert-alkyl or cyclic N) is 1. The van der Waals surface area contributed by atoms with Crippen molar-refractivity contribution in [2.75, 3.05) is 35.0 Å². The van der Waals surface area contributed by atoms with Crippen LogP contribution in [0.5, 0.6) is 0 Å². The van der Waals surface area contributed by atoms with Crippen LogP contribution in [0.3, 0.4) is 0 Å². The summed E-state index contributed by atoms with van der Waals surface area (Å²) in [6.45, 7) is 7.85. The van der Waals surface area contributed by atoms with Crippen molar-refractivity contribution in [1.82, 2.24) is 10.6 Å². The number of hydrogen-bond acceptors (Lipinski definition) is 6. The van der Waals surface area contributed by atoms with Gasteiger partial charge in [0.25, 0.3) is 5.91 Å². The molecule has 1 amide bonds. The van der Waals surface area contributed by atoms with Gasteiger partial charge in [-0.15, -0.1) is 0 Å². The molecule has 1 heterocycles. The maximum absolute atomic E-state index is 13.7. The molecule has 9 heteroatoms. The molecule has 1 aliphatic heterocycles. The smallest absolute Gasteiger partial charge is 0.251 e. The fraction of sp³-hybridized carbons (Fsp3) is 0.581. The summed E-state index contributed by atoms with van der Waals surface area (Å²) in [6, 6.07) is 14.5. The van der Waals surface area contributed by atoms with Crippen molar-refractivity contribution >= 4 is 27.3 Å². The molecule has 2 aromatic rings. The summed E-state index contributed by atoms with van der Waals surface area (Å²) in [5.74, 6) is 0.408. The first-order valence-corrected chi connectivity index (χ1v) is 16.4. The molecule has 8 nitrogen and oxygen atoms in total. The number of anilines is 2. The number of aliphatic hydroxyl groups is 1. The zero-order chi connectivity index (χ0) is 28.8. The maximum atomic E-state index is 13.7. The largest absolute Gasteiger partial charge is 0.390 e. The van der Waals surface area contributed by atoms with Crippen molar-refractivity contribution in [1.29, 1.82) is 0 Å². The Bertz CT molecular complexity index is 1230. The van der Waals surface area contributed by atoms with Crippen LogP contribution in [0.15, 0.2) is 48.5 Å². The van der Waals surface area contributed by atoms with E-state index >= 15 is 0 Å². The van der Waals surface area contributed by atoms with E-state index in [-0.39, 0.29) is 17.2 Å². The van der Waals surface area contributed by atoms with Gasteiger partial charge in [0, 0.05) is 36.4 Å². The Hall–Kier alpha value is -2.62. The lowest BCUT2D eigenvalue weighted by atomic mass is 9.98. The molecule has 2 atom stereocenters. The summed E-state index contributed by atoms with van der Waals surface area (Å²) >= 11 is 0. The third-order valence-corrected chi connectivity index (χ3v) is 9.89. The zero-order valence-electron chi connectivity index (χ0n) is 24.2. The second kappa shape index (κ2) is 13.4. The van der Waals surface area contributed by atoms with Gasteiger partial charge in [-0.2, -0.15) is 0 Å². The zero-order valence-corrected chi connectivity index (χ0v) is 25.0. The molecule has 220 valence electrons. The average Bonchev–Trinajstić information content (AvgIpc) is 3.70. The monoisotopic (exact) mass is 570 g/mol. The highest BCUT2D eigenvalue weighted by atomic mass is 32.2. The minimum atomic E-state index is -3.43. The topological polar surface area (TPSA) is 111 Å². The van der Waals surface area contributed by atoms with E-state index in [1.54, 1.807) is 18.2 Å². The molecule has 0 bridgehead atoms. The number of hydrogen-bond donors (Lipinski definition) is 4. The molecule has 40 heavy (non-hydrogen) atoms. The number of aliphatic hydroxyl groups excluding tert-OH is 1. The van der Waals surface area contributed by atoms with Crippen molar-refractivity contribution in [2.45, 2.75) is 83.4 Å². The lowest BCUT2D eigenvalue weighted by Gasteiger charge is -2.29. The fourth-order valence-electron chi connectivity index (χ4n) is 5.37. The van der Waals surface area contributed by atoms with Crippen LogP contribution in [0.4, 0.5) is 11.4 Å². The van der Waals surface area contributed by atoms with E-state index in [9.17, 15) is 18.3 Å². The van der Waals surface area contributed by atoms with Crippen molar-refractivity contribution in [3.05, 3.63) is 59.7 Å². The summed E-state index contributed by atoms with van der Waals surface area (Å²) < 4.78 is 27.0. The number of sulfonamides is 1. The van der Waals surface area contributed by atoms with Crippen molar-refractivity contribution in [3.8, 4) is 0 Å². The van der Waals surface area contributed by atoms with Gasteiger partial charge in [-0.05, 0) is 81.5 Å². The molecule has 0 spiro atoms. The minimum absolute atomic E-state index is 0.0988. The average molecular weight is 571 g/mol. The predicted octanol–water partition coefficient (Wildman–Crippen LogP) is 4.31. The van der Waals surface area contributed by atoms with E-state index in [1.165, 1.54) is 4.31 Å². The second-order valence-corrected chi connectivity index (χ2v) is 13.8. The van der Waals surface area contributed by atoms with E-state index in [0.29, 0.717) is 55.3 Å². The fourth-order valence-corrected chi connectivity index (χ4v) is 6.99. The number of nitrogens with one attached hydrogen (secondary N) is 3. The number of benzene rings is 2. The van der Waals surface area contributed by atoms with Crippen LogP contribution < -0.4 is 20.3 Å². The van der Waals surface area contributed by atoms with Gasteiger partial charge in [-0.1, -0.05) is 44.2 Å². The molecule has 1 saturated carbocycles. The highest BCUT2D eigenvalue weighted by Gasteiger charge is 2.42. The highest BCUT2D eigenvalue weighted by molar-refractivity contribution is 7.92. The SMILES string of the molecule is CCNc1cc(C(=O)N[C@@H](Cc2ccccc2)[C@H](O)CNC2(CCC(C)C)CC2)cc(N2CCCCS2(=O)=O)c1. The summed E-state index contributed by atoms with van der Waals surface area (Å²) in [5.41, 5.74) is 2.67. The Kier molecular flexibility index (Phi) is 10.1. The van der Waals surface area contributed by atoms with Crippen LogP contribution in [0, 0.1) is 5.92 Å². The van der Waals surface area contributed by atoms with E-state index in [4.69, 9.17) is 0 Å². The van der Waals surface area contributed by atoms with Gasteiger partial charge < -0.3 is 21.1 Å². The molecule has 4 N–H and O–H groups in total. The summed E-state index contributed by atoms with van der Waals surface area (Å²) in [5, 5.41) is 21.2. The van der Waals surface area contributed by atoms with E-state index in [2.05, 4.69) is 29.8 Å². The lowest BCUT2D eigenvalue weighted by Crippen LogP contribution is -2.50. The number of amides is 1. The molecular weight excluding hydrogens is 524 g/mol. The molecule has 0 aromatic heterocycles. The maximum Gasteiger partial charge on any atom is 0.251 e. The number of rotatable bonds is 14. The van der Waals surface area contributed by atoms with Crippen LogP contribution in [0.25, 0.3) is 0 Å². The first kappa shape index (κ1) is 30.3. The first-order chi connectivity index (χ1) is 19.1. The van der Waals surface area contributed by atoms with Crippen LogP contribution in [0.2, 0.25) is 0 Å². The van der Waals surface area contributed by atoms with Crippen LogP contribution in [0.1, 0.15) is 75.2 Å². The van der Waals surface area contributed by atoms with Crippen molar-refractivity contribution < 1.29 is 18.3 Å². The molecule has 2 aliphatic rings. The molecule has 2 fully saturated rings. The van der Waals surface area contributed by atoms with Gasteiger partial charge in [0.2, 0.25) is 10.0 Å². The predicted molar refractivity (Wildman–Crippen MR) is 162 cm³/mol. The van der Waals surface area contributed by atoms with Crippen LogP contribution in [-0.2, 0) is 16.4 Å². The normalized spacial score (nSPS) is 19.2. The molecule has 4 rings (SSSR count). The number of carbonyl (C=O) groups is 1. The Labute approximate surface area is 240 Å². The Morgan fingerprint density at radius 2 is 1.85 bits per heavy atom. The second-order valence-electron chi connectivity index (χ2n) is 11.8. The van der Waals surface area contributed by atoms with Gasteiger partial charge >= 0.3 is 0 Å². The van der Waals surface area contributed by atoms with E-state index < -0.39 is 22.2 Å². The Balaban J connectivity index is 1.53. The first-order valence-electron chi connectivity index (χ1n) is 14.8. The summed E-state index contributed by atoms with van der Waals surface area (Å²) in [6.07, 6.45) is 5.57. The molecule has 1 saturated heterocycles. The number of carbonyl (C=O) groups excluding carboxylic acids is 1. The molecule has 1 aliphatic carbocycles. The van der Waals surface area contributed by atoms with E-state index in [0.717, 1.165) is 37.7 Å². The molecular formula is C31H46N4O4S. The molecule has 0 unspecified atom stereocenters. The Morgan fingerprint density at radius 3 is 2.50 bits per heavy atom. The molecule has 2 aromatic carbocycles. The van der Waals surface area contributed by atoms with E-state index in [1.807, 2.05) is 37.3 Å².